The number of benzene rings is 9. The largest absolute Gasteiger partial charge is 0.456 e. The molecule has 292 valence electrons. The molecule has 12 rings (SSSR count). The first-order chi connectivity index (χ1) is 30.3. The van der Waals surface area contributed by atoms with Crippen molar-refractivity contribution in [1.82, 2.24) is 4.57 Å². The number of anilines is 3. The van der Waals surface area contributed by atoms with Crippen LogP contribution in [-0.4, -0.2) is 4.57 Å². The molecule has 11 aromatic rings. The number of rotatable bonds is 7. The Bertz CT molecular complexity index is 3400. The van der Waals surface area contributed by atoms with Crippen molar-refractivity contribution in [2.24, 2.45) is 0 Å². The summed E-state index contributed by atoms with van der Waals surface area (Å²) < 4.78 is 8.73. The van der Waals surface area contributed by atoms with E-state index in [1.807, 2.05) is 6.07 Å². The van der Waals surface area contributed by atoms with Crippen LogP contribution in [0.15, 0.2) is 205 Å². The average Bonchev–Trinajstić information content (AvgIpc) is 3.87. The molecule has 9 aromatic carbocycles. The Hall–Kier alpha value is -7.36. The van der Waals surface area contributed by atoms with Gasteiger partial charge >= 0.3 is 0 Å². The SMILES string of the molecule is c1ccc(-n2c3ccccc3c3ccc(-c4ccc(N(c5ccc6oc7ccccc7c6c5)c5ccccc5-c5cccc6cccc(C7CCCCC7)c56)cc4)cc32)cc1. The second-order valence-corrected chi connectivity index (χ2v) is 16.7. The first-order valence-corrected chi connectivity index (χ1v) is 21.8. The molecule has 0 spiro atoms. The van der Waals surface area contributed by atoms with Gasteiger partial charge in [-0.15, -0.1) is 0 Å². The molecule has 1 aliphatic carbocycles. The Balaban J connectivity index is 1.03. The minimum atomic E-state index is 0.583. The Morgan fingerprint density at radius 1 is 0.443 bits per heavy atom. The molecule has 0 N–H and O–H groups in total. The molecular formula is C58H44N2O. The van der Waals surface area contributed by atoms with Gasteiger partial charge in [0.05, 0.1) is 16.7 Å². The number of furan rings is 1. The molecule has 0 saturated heterocycles. The van der Waals surface area contributed by atoms with E-state index in [2.05, 4.69) is 204 Å². The van der Waals surface area contributed by atoms with Gasteiger partial charge in [0.25, 0.3) is 0 Å². The Morgan fingerprint density at radius 2 is 1.11 bits per heavy atom. The van der Waals surface area contributed by atoms with Crippen molar-refractivity contribution < 1.29 is 4.42 Å². The standard InChI is InChI=1S/C58H44N2O/c1-3-15-40(16-4-1)46-24-13-17-41-18-14-25-51(58(41)46)48-22-8-10-26-53(48)59(45-34-36-57-52(38-45)50-23-9-12-28-56(50)61-57)44-32-29-39(30-33-44)42-31-35-49-47-21-7-11-27-54(47)60(55(49)37-42)43-19-5-2-6-20-43/h2,5-14,17-38,40H,1,3-4,15-16H2. The van der Waals surface area contributed by atoms with Crippen LogP contribution in [0.5, 0.6) is 0 Å². The molecule has 1 saturated carbocycles. The number of hydrogen-bond donors (Lipinski definition) is 0. The molecule has 1 fully saturated rings. The lowest BCUT2D eigenvalue weighted by Crippen LogP contribution is -2.11. The fourth-order valence-corrected chi connectivity index (χ4v) is 10.3. The van der Waals surface area contributed by atoms with Gasteiger partial charge in [-0.25, -0.2) is 0 Å². The van der Waals surface area contributed by atoms with Gasteiger partial charge in [-0.3, -0.25) is 0 Å². The summed E-state index contributed by atoms with van der Waals surface area (Å²) in [5, 5.41) is 7.44. The van der Waals surface area contributed by atoms with Crippen molar-refractivity contribution in [1.29, 1.82) is 0 Å². The summed E-state index contributed by atoms with van der Waals surface area (Å²) in [5.74, 6) is 0.583. The highest BCUT2D eigenvalue weighted by Crippen LogP contribution is 2.47. The molecule has 0 atom stereocenters. The lowest BCUT2D eigenvalue weighted by atomic mass is 9.80. The van der Waals surface area contributed by atoms with Crippen LogP contribution in [0.3, 0.4) is 0 Å². The van der Waals surface area contributed by atoms with Crippen LogP contribution in [0.1, 0.15) is 43.6 Å². The van der Waals surface area contributed by atoms with Crippen molar-refractivity contribution in [2.75, 3.05) is 4.90 Å². The zero-order chi connectivity index (χ0) is 40.3. The molecule has 2 aromatic heterocycles. The number of hydrogen-bond acceptors (Lipinski definition) is 2. The normalized spacial score (nSPS) is 13.5. The number of para-hydroxylation sites is 4. The van der Waals surface area contributed by atoms with E-state index >= 15 is 0 Å². The van der Waals surface area contributed by atoms with Crippen molar-refractivity contribution in [3.8, 4) is 27.9 Å². The minimum absolute atomic E-state index is 0.583. The van der Waals surface area contributed by atoms with Crippen LogP contribution < -0.4 is 4.90 Å². The third-order valence-electron chi connectivity index (χ3n) is 13.2. The zero-order valence-electron chi connectivity index (χ0n) is 34.0. The second kappa shape index (κ2) is 14.7. The zero-order valence-corrected chi connectivity index (χ0v) is 34.0. The van der Waals surface area contributed by atoms with Crippen LogP contribution in [0, 0.1) is 0 Å². The van der Waals surface area contributed by atoms with Crippen molar-refractivity contribution in [3.05, 3.63) is 206 Å². The summed E-state index contributed by atoms with van der Waals surface area (Å²) >= 11 is 0. The fraction of sp³-hybridized carbons (Fsp3) is 0.103. The maximum Gasteiger partial charge on any atom is 0.135 e. The Labute approximate surface area is 355 Å². The van der Waals surface area contributed by atoms with Crippen LogP contribution in [0.25, 0.3) is 82.5 Å². The summed E-state index contributed by atoms with van der Waals surface area (Å²) in [6.45, 7) is 0. The van der Waals surface area contributed by atoms with E-state index in [1.165, 1.54) is 92.5 Å². The fourth-order valence-electron chi connectivity index (χ4n) is 10.3. The lowest BCUT2D eigenvalue weighted by molar-refractivity contribution is 0.445. The van der Waals surface area contributed by atoms with E-state index in [9.17, 15) is 0 Å². The first kappa shape index (κ1) is 35.6. The van der Waals surface area contributed by atoms with E-state index in [4.69, 9.17) is 4.42 Å². The van der Waals surface area contributed by atoms with Gasteiger partial charge in [0, 0.05) is 44.2 Å². The molecule has 0 bridgehead atoms. The topological polar surface area (TPSA) is 21.3 Å². The molecule has 1 aliphatic rings. The van der Waals surface area contributed by atoms with Crippen LogP contribution in [0.2, 0.25) is 0 Å². The molecular weight excluding hydrogens is 741 g/mol. The lowest BCUT2D eigenvalue weighted by Gasteiger charge is -2.29. The molecule has 2 heterocycles. The third-order valence-corrected chi connectivity index (χ3v) is 13.2. The summed E-state index contributed by atoms with van der Waals surface area (Å²) in [7, 11) is 0. The number of fused-ring (bicyclic) bond motifs is 7. The number of nitrogens with zero attached hydrogens (tertiary/aromatic N) is 2. The predicted octanol–water partition coefficient (Wildman–Crippen LogP) is 16.7. The summed E-state index contributed by atoms with van der Waals surface area (Å²) in [4.78, 5) is 2.44. The Kier molecular flexibility index (Phi) is 8.59. The first-order valence-electron chi connectivity index (χ1n) is 21.8. The van der Waals surface area contributed by atoms with Crippen LogP contribution >= 0.6 is 0 Å². The molecule has 3 heteroatoms. The predicted molar refractivity (Wildman–Crippen MR) is 257 cm³/mol. The molecule has 0 radical (unpaired) electrons. The van der Waals surface area contributed by atoms with E-state index in [1.54, 1.807) is 0 Å². The highest BCUT2D eigenvalue weighted by Gasteiger charge is 2.23. The summed E-state index contributed by atoms with van der Waals surface area (Å²) in [6.07, 6.45) is 6.47. The summed E-state index contributed by atoms with van der Waals surface area (Å²) in [6, 6.07) is 73.3. The average molecular weight is 785 g/mol. The smallest absolute Gasteiger partial charge is 0.135 e. The maximum atomic E-state index is 6.34. The van der Waals surface area contributed by atoms with Crippen molar-refractivity contribution in [2.45, 2.75) is 38.0 Å². The second-order valence-electron chi connectivity index (χ2n) is 16.7. The van der Waals surface area contributed by atoms with Gasteiger partial charge in [-0.2, -0.15) is 0 Å². The molecule has 3 nitrogen and oxygen atoms in total. The van der Waals surface area contributed by atoms with Gasteiger partial charge < -0.3 is 13.9 Å². The van der Waals surface area contributed by atoms with Gasteiger partial charge in [-0.05, 0) is 119 Å². The van der Waals surface area contributed by atoms with E-state index in [0.29, 0.717) is 5.92 Å². The van der Waals surface area contributed by atoms with Gasteiger partial charge in [-0.1, -0.05) is 153 Å². The van der Waals surface area contributed by atoms with E-state index in [0.717, 1.165) is 44.7 Å². The van der Waals surface area contributed by atoms with Crippen molar-refractivity contribution in [3.63, 3.8) is 0 Å². The molecule has 0 unspecified atom stereocenters. The molecule has 61 heavy (non-hydrogen) atoms. The highest BCUT2D eigenvalue weighted by atomic mass is 16.3. The monoisotopic (exact) mass is 784 g/mol. The van der Waals surface area contributed by atoms with Gasteiger partial charge in [0.1, 0.15) is 11.2 Å². The maximum absolute atomic E-state index is 6.34. The Morgan fingerprint density at radius 3 is 1.98 bits per heavy atom. The highest BCUT2D eigenvalue weighted by molar-refractivity contribution is 6.11. The molecule has 0 amide bonds. The van der Waals surface area contributed by atoms with Gasteiger partial charge in [0.2, 0.25) is 0 Å². The van der Waals surface area contributed by atoms with E-state index < -0.39 is 0 Å². The van der Waals surface area contributed by atoms with Crippen molar-refractivity contribution >= 4 is 71.6 Å². The van der Waals surface area contributed by atoms with Crippen LogP contribution in [0.4, 0.5) is 17.1 Å². The minimum Gasteiger partial charge on any atom is -0.456 e. The quantitative estimate of drug-likeness (QED) is 0.161. The summed E-state index contributed by atoms with van der Waals surface area (Å²) in [5.41, 5.74) is 15.0. The van der Waals surface area contributed by atoms with Crippen LogP contribution in [-0.2, 0) is 0 Å². The van der Waals surface area contributed by atoms with E-state index in [-0.39, 0.29) is 0 Å². The third kappa shape index (κ3) is 6.03. The van der Waals surface area contributed by atoms with Gasteiger partial charge in [0.15, 0.2) is 0 Å². The number of aromatic nitrogens is 1. The molecule has 0 aliphatic heterocycles.